The zero-order valence-corrected chi connectivity index (χ0v) is 20.2. The molecule has 0 radical (unpaired) electrons. The third-order valence-electron chi connectivity index (χ3n) is 5.69. The largest absolute Gasteiger partial charge is 0.468 e. The quantitative estimate of drug-likeness (QED) is 0.106. The van der Waals surface area contributed by atoms with Gasteiger partial charge in [-0.3, -0.25) is 4.79 Å². The number of ether oxygens (including phenoxy) is 3. The summed E-state index contributed by atoms with van der Waals surface area (Å²) in [5, 5.41) is 0. The molecule has 0 saturated heterocycles. The minimum atomic E-state index is -0.274. The van der Waals surface area contributed by atoms with Crippen molar-refractivity contribution in [2.24, 2.45) is 0 Å². The van der Waals surface area contributed by atoms with Crippen LogP contribution in [-0.4, -0.2) is 19.4 Å². The molecule has 0 aromatic heterocycles. The molecule has 0 aliphatic rings. The topological polar surface area (TPSA) is 44.8 Å². The summed E-state index contributed by atoms with van der Waals surface area (Å²) in [6.07, 6.45) is 0.848. The predicted molar refractivity (Wildman–Crippen MR) is 140 cm³/mol. The maximum atomic E-state index is 12.1. The van der Waals surface area contributed by atoms with E-state index in [1.165, 1.54) is 16.7 Å². The number of aryl methyl sites for hydroxylation is 2. The summed E-state index contributed by atoms with van der Waals surface area (Å²) in [7, 11) is 0. The van der Waals surface area contributed by atoms with Crippen LogP contribution in [0, 0.1) is 13.8 Å². The first-order chi connectivity index (χ1) is 17.1. The number of carbonyl (C=O) groups excluding carboxylic acids is 1. The van der Waals surface area contributed by atoms with Crippen LogP contribution >= 0.6 is 0 Å². The molecular formula is C31H30O4. The summed E-state index contributed by atoms with van der Waals surface area (Å²) >= 11 is 0. The van der Waals surface area contributed by atoms with Gasteiger partial charge in [0.2, 0.25) is 0 Å². The van der Waals surface area contributed by atoms with Gasteiger partial charge in [-0.15, -0.1) is 0 Å². The molecular weight excluding hydrogens is 436 g/mol. The lowest BCUT2D eigenvalue weighted by Gasteiger charge is -2.09. The molecule has 178 valence electrons. The van der Waals surface area contributed by atoms with E-state index in [2.05, 4.69) is 62.4 Å². The van der Waals surface area contributed by atoms with Gasteiger partial charge >= 0.3 is 5.97 Å². The predicted octanol–water partition coefficient (Wildman–Crippen LogP) is 7.38. The molecule has 4 rings (SSSR count). The van der Waals surface area contributed by atoms with E-state index in [4.69, 9.17) is 14.2 Å². The van der Waals surface area contributed by atoms with E-state index >= 15 is 0 Å². The summed E-state index contributed by atoms with van der Waals surface area (Å²) in [6.45, 7) is 4.70. The molecule has 0 spiro atoms. The smallest absolute Gasteiger partial charge is 0.311 e. The Hall–Kier alpha value is -3.89. The Morgan fingerprint density at radius 3 is 1.51 bits per heavy atom. The van der Waals surface area contributed by atoms with E-state index in [0.717, 1.165) is 22.4 Å². The van der Waals surface area contributed by atoms with Crippen LogP contribution in [0.5, 0.6) is 11.5 Å². The summed E-state index contributed by atoms with van der Waals surface area (Å²) in [5.74, 6) is 1.02. The molecule has 35 heavy (non-hydrogen) atoms. The fourth-order valence-electron chi connectivity index (χ4n) is 3.62. The highest BCUT2D eigenvalue weighted by Crippen LogP contribution is 2.24. The molecule has 0 unspecified atom stereocenters. The molecule has 0 saturated carbocycles. The second kappa shape index (κ2) is 12.0. The van der Waals surface area contributed by atoms with Gasteiger partial charge in [0.1, 0.15) is 11.5 Å². The lowest BCUT2D eigenvalue weighted by atomic mass is 10.0. The molecule has 0 fully saturated rings. The average Bonchev–Trinajstić information content (AvgIpc) is 2.88. The van der Waals surface area contributed by atoms with Gasteiger partial charge in [-0.05, 0) is 66.8 Å². The zero-order valence-electron chi connectivity index (χ0n) is 20.2. The van der Waals surface area contributed by atoms with Crippen LogP contribution in [0.3, 0.4) is 0 Å². The molecule has 4 nitrogen and oxygen atoms in total. The lowest BCUT2D eigenvalue weighted by molar-refractivity contribution is -0.134. The summed E-state index contributed by atoms with van der Waals surface area (Å²) in [4.78, 5) is 12.1. The van der Waals surface area contributed by atoms with E-state index in [1.807, 2.05) is 48.5 Å². The molecule has 0 heterocycles. The van der Waals surface area contributed by atoms with E-state index < -0.39 is 0 Å². The van der Waals surface area contributed by atoms with Crippen molar-refractivity contribution in [3.8, 4) is 33.8 Å². The first-order valence-corrected chi connectivity index (χ1v) is 11.8. The first-order valence-electron chi connectivity index (χ1n) is 11.8. The van der Waals surface area contributed by atoms with Crippen molar-refractivity contribution in [2.45, 2.75) is 26.7 Å². The SMILES string of the molecule is Cc1ccc(-c2ccc(OCOCCCC(=O)Oc3ccc(-c4ccc(C)cc4)cc3)cc2)cc1. The highest BCUT2D eigenvalue weighted by molar-refractivity contribution is 5.73. The standard InChI is InChI=1S/C31H30O4/c1-23-5-9-25(10-6-23)27-13-17-29(18-14-27)34-22-33-21-3-4-31(32)35-30-19-15-28(16-20-30)26-11-7-24(2)8-12-26/h5-20H,3-4,21-22H2,1-2H3. The minimum Gasteiger partial charge on any atom is -0.468 e. The molecule has 0 atom stereocenters. The summed E-state index contributed by atoms with van der Waals surface area (Å²) in [5.41, 5.74) is 7.00. The van der Waals surface area contributed by atoms with E-state index in [-0.39, 0.29) is 19.2 Å². The van der Waals surface area contributed by atoms with Crippen LogP contribution in [0.4, 0.5) is 0 Å². The van der Waals surface area contributed by atoms with Gasteiger partial charge in [0, 0.05) is 6.42 Å². The van der Waals surface area contributed by atoms with Gasteiger partial charge in [-0.1, -0.05) is 83.9 Å². The van der Waals surface area contributed by atoms with Gasteiger partial charge < -0.3 is 14.2 Å². The van der Waals surface area contributed by atoms with Crippen LogP contribution in [0.25, 0.3) is 22.3 Å². The second-order valence-corrected chi connectivity index (χ2v) is 8.53. The maximum absolute atomic E-state index is 12.1. The van der Waals surface area contributed by atoms with Crippen molar-refractivity contribution in [3.63, 3.8) is 0 Å². The van der Waals surface area contributed by atoms with Crippen molar-refractivity contribution >= 4 is 5.97 Å². The van der Waals surface area contributed by atoms with E-state index in [1.54, 1.807) is 0 Å². The third-order valence-corrected chi connectivity index (χ3v) is 5.69. The van der Waals surface area contributed by atoms with Crippen molar-refractivity contribution < 1.29 is 19.0 Å². The van der Waals surface area contributed by atoms with E-state index in [0.29, 0.717) is 18.8 Å². The van der Waals surface area contributed by atoms with Gasteiger partial charge in [-0.2, -0.15) is 0 Å². The van der Waals surface area contributed by atoms with Crippen molar-refractivity contribution in [3.05, 3.63) is 108 Å². The molecule has 4 aromatic rings. The fourth-order valence-corrected chi connectivity index (χ4v) is 3.62. The molecule has 4 heteroatoms. The number of esters is 1. The highest BCUT2D eigenvalue weighted by atomic mass is 16.7. The Bertz CT molecular complexity index is 1210. The van der Waals surface area contributed by atoms with Crippen molar-refractivity contribution in [1.29, 1.82) is 0 Å². The monoisotopic (exact) mass is 466 g/mol. The molecule has 0 aliphatic carbocycles. The molecule has 0 N–H and O–H groups in total. The van der Waals surface area contributed by atoms with E-state index in [9.17, 15) is 4.79 Å². The number of carbonyl (C=O) groups is 1. The van der Waals surface area contributed by atoms with Crippen molar-refractivity contribution in [1.82, 2.24) is 0 Å². The van der Waals surface area contributed by atoms with Crippen LogP contribution in [-0.2, 0) is 9.53 Å². The number of benzene rings is 4. The molecule has 0 aliphatic heterocycles. The molecule has 0 amide bonds. The van der Waals surface area contributed by atoms with Crippen LogP contribution in [0.1, 0.15) is 24.0 Å². The first kappa shape index (κ1) is 24.2. The second-order valence-electron chi connectivity index (χ2n) is 8.53. The van der Waals surface area contributed by atoms with Gasteiger partial charge in [-0.25, -0.2) is 0 Å². The number of hydrogen-bond acceptors (Lipinski definition) is 4. The normalized spacial score (nSPS) is 10.7. The maximum Gasteiger partial charge on any atom is 0.311 e. The lowest BCUT2D eigenvalue weighted by Crippen LogP contribution is -2.10. The van der Waals surface area contributed by atoms with Gasteiger partial charge in [0.15, 0.2) is 6.79 Å². The zero-order chi connectivity index (χ0) is 24.5. The minimum absolute atomic E-state index is 0.138. The Kier molecular flexibility index (Phi) is 8.31. The van der Waals surface area contributed by atoms with Crippen molar-refractivity contribution in [2.75, 3.05) is 13.4 Å². The Balaban J connectivity index is 1.12. The summed E-state index contributed by atoms with van der Waals surface area (Å²) in [6, 6.07) is 32.2. The fraction of sp³-hybridized carbons (Fsp3) is 0.194. The number of rotatable bonds is 10. The Labute approximate surface area is 207 Å². The number of hydrogen-bond donors (Lipinski definition) is 0. The third kappa shape index (κ3) is 7.29. The van der Waals surface area contributed by atoms with Crippen LogP contribution in [0.15, 0.2) is 97.1 Å². The summed E-state index contributed by atoms with van der Waals surface area (Å²) < 4.78 is 16.6. The molecule has 0 bridgehead atoms. The highest BCUT2D eigenvalue weighted by Gasteiger charge is 2.06. The Morgan fingerprint density at radius 1 is 0.600 bits per heavy atom. The van der Waals surface area contributed by atoms with Gasteiger partial charge in [0.05, 0.1) is 6.61 Å². The Morgan fingerprint density at radius 2 is 1.03 bits per heavy atom. The van der Waals surface area contributed by atoms with Crippen LogP contribution < -0.4 is 9.47 Å². The average molecular weight is 467 g/mol. The molecule has 4 aromatic carbocycles. The van der Waals surface area contributed by atoms with Crippen LogP contribution in [0.2, 0.25) is 0 Å². The van der Waals surface area contributed by atoms with Gasteiger partial charge in [0.25, 0.3) is 0 Å².